The van der Waals surface area contributed by atoms with Crippen molar-refractivity contribution in [1.29, 1.82) is 0 Å². The van der Waals surface area contributed by atoms with Gasteiger partial charge in [-0.3, -0.25) is 14.9 Å². The van der Waals surface area contributed by atoms with E-state index in [1.807, 2.05) is 60.6 Å². The van der Waals surface area contributed by atoms with Crippen LogP contribution in [0.25, 0.3) is 31.4 Å². The Labute approximate surface area is 240 Å². The molecule has 3 N–H and O–H groups in total. The number of imide groups is 1. The number of benzene rings is 1. The molecule has 0 spiro atoms. The van der Waals surface area contributed by atoms with Gasteiger partial charge in [-0.05, 0) is 67.7 Å². The molecule has 0 atom stereocenters. The highest BCUT2D eigenvalue weighted by atomic mass is 35.5. The van der Waals surface area contributed by atoms with Crippen LogP contribution in [0.4, 0.5) is 5.82 Å². The molecular weight excluding hydrogens is 558 g/mol. The normalized spacial score (nSPS) is 13.3. The first-order valence-corrected chi connectivity index (χ1v) is 13.8. The minimum Gasteiger partial charge on any atom is -0.492 e. The van der Waals surface area contributed by atoms with Gasteiger partial charge in [0.2, 0.25) is 0 Å². The molecule has 1 aliphatic rings. The summed E-state index contributed by atoms with van der Waals surface area (Å²) in [5.74, 6) is 0.936. The van der Waals surface area contributed by atoms with Gasteiger partial charge in [0.1, 0.15) is 28.7 Å². The van der Waals surface area contributed by atoms with Crippen molar-refractivity contribution in [3.05, 3.63) is 58.6 Å². The molecular formula is C27H28ClN5O4S2. The van der Waals surface area contributed by atoms with Gasteiger partial charge in [-0.25, -0.2) is 9.97 Å². The maximum atomic E-state index is 12.4. The van der Waals surface area contributed by atoms with Crippen LogP contribution in [0.3, 0.4) is 0 Å². The fourth-order valence-electron chi connectivity index (χ4n) is 4.14. The molecule has 5 rings (SSSR count). The maximum Gasteiger partial charge on any atom is 0.275 e. The number of aromatic nitrogens is 2. The average molecular weight is 586 g/mol. The van der Waals surface area contributed by atoms with Gasteiger partial charge in [-0.15, -0.1) is 35.1 Å². The number of carbonyl (C=O) groups excluding carboxylic acids is 2. The highest BCUT2D eigenvalue weighted by Gasteiger charge is 2.29. The van der Waals surface area contributed by atoms with E-state index in [1.54, 1.807) is 18.3 Å². The van der Waals surface area contributed by atoms with E-state index in [1.165, 1.54) is 11.3 Å². The number of rotatable bonds is 10. The molecule has 0 saturated heterocycles. The highest BCUT2D eigenvalue weighted by molar-refractivity contribution is 7.22. The lowest BCUT2D eigenvalue weighted by Crippen LogP contribution is -2.27. The molecule has 4 heterocycles. The lowest BCUT2D eigenvalue weighted by molar-refractivity contribution is -0.124. The van der Waals surface area contributed by atoms with Crippen LogP contribution in [0, 0.1) is 6.92 Å². The third-order valence-corrected chi connectivity index (χ3v) is 8.39. The van der Waals surface area contributed by atoms with E-state index in [9.17, 15) is 9.59 Å². The summed E-state index contributed by atoms with van der Waals surface area (Å²) in [6.45, 7) is 5.60. The second-order valence-electron chi connectivity index (χ2n) is 8.92. The van der Waals surface area contributed by atoms with Gasteiger partial charge in [0.15, 0.2) is 5.82 Å². The smallest absolute Gasteiger partial charge is 0.275 e. The van der Waals surface area contributed by atoms with Gasteiger partial charge in [-0.2, -0.15) is 0 Å². The lowest BCUT2D eigenvalue weighted by atomic mass is 10.1. The zero-order chi connectivity index (χ0) is 26.8. The molecule has 0 saturated carbocycles. The zero-order valence-electron chi connectivity index (χ0n) is 21.6. The minimum atomic E-state index is -0.469. The molecule has 39 heavy (non-hydrogen) atoms. The average Bonchev–Trinajstić information content (AvgIpc) is 3.61. The summed E-state index contributed by atoms with van der Waals surface area (Å²) < 4.78 is 5.86. The number of anilines is 1. The second-order valence-corrected chi connectivity index (χ2v) is 10.9. The van der Waals surface area contributed by atoms with Crippen LogP contribution in [-0.2, 0) is 9.59 Å². The summed E-state index contributed by atoms with van der Waals surface area (Å²) >= 11 is 3.09. The SMILES string of the molecule is CC1=C(Nc2nc(-c3cccs3)nc3sc(-c4ccc(OCCN(C)CCO)cc4)c(C)c23)C(=O)NC1=O.Cl. The number of likely N-dealkylation sites (N-methyl/N-ethyl adjacent to an activating group) is 1. The van der Waals surface area contributed by atoms with Gasteiger partial charge in [0, 0.05) is 23.5 Å². The molecule has 12 heteroatoms. The first kappa shape index (κ1) is 28.7. The van der Waals surface area contributed by atoms with Crippen molar-refractivity contribution in [2.45, 2.75) is 13.8 Å². The highest BCUT2D eigenvalue weighted by Crippen LogP contribution is 2.42. The number of nitrogens with zero attached hydrogens (tertiary/aromatic N) is 3. The molecule has 3 aromatic heterocycles. The van der Waals surface area contributed by atoms with E-state index in [0.29, 0.717) is 30.4 Å². The van der Waals surface area contributed by atoms with Crippen LogP contribution >= 0.6 is 35.1 Å². The van der Waals surface area contributed by atoms with Crippen LogP contribution in [0.5, 0.6) is 5.75 Å². The van der Waals surface area contributed by atoms with Crippen molar-refractivity contribution in [2.75, 3.05) is 38.7 Å². The summed E-state index contributed by atoms with van der Waals surface area (Å²) in [5.41, 5.74) is 2.52. The van der Waals surface area contributed by atoms with Crippen molar-refractivity contribution in [3.8, 4) is 26.9 Å². The topological polar surface area (TPSA) is 117 Å². The van der Waals surface area contributed by atoms with Gasteiger partial charge in [-0.1, -0.05) is 6.07 Å². The summed E-state index contributed by atoms with van der Waals surface area (Å²) in [6, 6.07) is 11.8. The van der Waals surface area contributed by atoms with Crippen molar-refractivity contribution in [3.63, 3.8) is 0 Å². The minimum absolute atomic E-state index is 0. The van der Waals surface area contributed by atoms with Crippen molar-refractivity contribution >= 4 is 62.9 Å². The van der Waals surface area contributed by atoms with Gasteiger partial charge < -0.3 is 20.1 Å². The maximum absolute atomic E-state index is 12.4. The number of hydrogen-bond acceptors (Lipinski definition) is 10. The summed E-state index contributed by atoms with van der Waals surface area (Å²) in [6.07, 6.45) is 0. The van der Waals surface area contributed by atoms with Crippen LogP contribution in [0.15, 0.2) is 53.0 Å². The molecule has 0 bridgehead atoms. The van der Waals surface area contributed by atoms with Crippen molar-refractivity contribution in [1.82, 2.24) is 20.2 Å². The Kier molecular flexibility index (Phi) is 8.98. The van der Waals surface area contributed by atoms with Crippen LogP contribution < -0.4 is 15.4 Å². The molecule has 0 unspecified atom stereocenters. The first-order chi connectivity index (χ1) is 18.4. The Morgan fingerprint density at radius 2 is 1.85 bits per heavy atom. The molecule has 1 aromatic carbocycles. The van der Waals surface area contributed by atoms with E-state index in [2.05, 4.69) is 10.6 Å². The third kappa shape index (κ3) is 5.97. The fraction of sp³-hybridized carbons (Fsp3) is 0.259. The summed E-state index contributed by atoms with van der Waals surface area (Å²) in [4.78, 5) is 38.8. The Bertz CT molecular complexity index is 1530. The Balaban J connectivity index is 0.00000353. The van der Waals surface area contributed by atoms with E-state index in [4.69, 9.17) is 19.8 Å². The number of halogens is 1. The summed E-state index contributed by atoms with van der Waals surface area (Å²) in [5, 5.41) is 17.3. The Morgan fingerprint density at radius 3 is 2.49 bits per heavy atom. The molecule has 1 aliphatic heterocycles. The monoisotopic (exact) mass is 585 g/mol. The van der Waals surface area contributed by atoms with E-state index >= 15 is 0 Å². The number of nitrogens with one attached hydrogen (secondary N) is 2. The number of aryl methyl sites for hydroxylation is 1. The van der Waals surface area contributed by atoms with Gasteiger partial charge >= 0.3 is 0 Å². The molecule has 204 valence electrons. The molecule has 4 aromatic rings. The zero-order valence-corrected chi connectivity index (χ0v) is 24.1. The number of amides is 2. The van der Waals surface area contributed by atoms with E-state index in [-0.39, 0.29) is 24.7 Å². The number of aliphatic hydroxyl groups excluding tert-OH is 1. The second kappa shape index (κ2) is 12.2. The number of hydrogen-bond donors (Lipinski definition) is 3. The quantitative estimate of drug-likeness (QED) is 0.234. The van der Waals surface area contributed by atoms with E-state index < -0.39 is 11.8 Å². The van der Waals surface area contributed by atoms with Crippen molar-refractivity contribution in [2.24, 2.45) is 0 Å². The number of aliphatic hydroxyl groups is 1. The Morgan fingerprint density at radius 1 is 1.08 bits per heavy atom. The number of ether oxygens (including phenoxy) is 1. The third-order valence-electron chi connectivity index (χ3n) is 6.28. The van der Waals surface area contributed by atoms with Crippen LogP contribution in [0.2, 0.25) is 0 Å². The molecule has 9 nitrogen and oxygen atoms in total. The van der Waals surface area contributed by atoms with Crippen LogP contribution in [0.1, 0.15) is 12.5 Å². The van der Waals surface area contributed by atoms with Gasteiger partial charge in [0.05, 0.1) is 16.9 Å². The summed E-state index contributed by atoms with van der Waals surface area (Å²) in [7, 11) is 1.94. The lowest BCUT2D eigenvalue weighted by Gasteiger charge is -2.15. The predicted octanol–water partition coefficient (Wildman–Crippen LogP) is 4.46. The standard InChI is InChI=1S/C27H27N5O4S2.ClH/c1-15-20-24(28-21-16(2)25(34)31-26(21)35)29-23(19-5-4-14-37-19)30-27(20)38-22(15)17-6-8-18(9-7-17)36-13-11-32(3)10-12-33;/h4-9,14,33H,10-13H2,1-3H3,(H2,28,29,30,31,34,35);1H. The molecule has 2 amide bonds. The fourth-order valence-corrected chi connectivity index (χ4v) is 5.98. The molecule has 0 fully saturated rings. The number of carbonyl (C=O) groups is 2. The van der Waals surface area contributed by atoms with Gasteiger partial charge in [0.25, 0.3) is 11.8 Å². The number of thiophene rings is 2. The first-order valence-electron chi connectivity index (χ1n) is 12.1. The van der Waals surface area contributed by atoms with Crippen molar-refractivity contribution < 1.29 is 19.4 Å². The Hall–Kier alpha value is -3.35. The number of fused-ring (bicyclic) bond motifs is 1. The van der Waals surface area contributed by atoms with Crippen LogP contribution in [-0.4, -0.2) is 65.1 Å². The van der Waals surface area contributed by atoms with E-state index in [0.717, 1.165) is 43.4 Å². The molecule has 0 radical (unpaired) electrons. The predicted molar refractivity (Wildman–Crippen MR) is 158 cm³/mol. The molecule has 0 aliphatic carbocycles. The largest absolute Gasteiger partial charge is 0.492 e.